The molecule has 0 saturated carbocycles. The molecule has 0 saturated heterocycles. The lowest BCUT2D eigenvalue weighted by Gasteiger charge is -2.09. The minimum atomic E-state index is -0.226. The van der Waals surface area contributed by atoms with Crippen molar-refractivity contribution in [1.29, 1.82) is 5.26 Å². The topological polar surface area (TPSA) is 64.9 Å². The molecule has 0 fully saturated rings. The lowest BCUT2D eigenvalue weighted by molar-refractivity contribution is -0.114. The van der Waals surface area contributed by atoms with E-state index in [0.717, 1.165) is 0 Å². The van der Waals surface area contributed by atoms with Crippen LogP contribution in [-0.4, -0.2) is 12.5 Å². The Morgan fingerprint density at radius 3 is 2.52 bits per heavy atom. The first kappa shape index (κ1) is 15.2. The third-order valence-corrected chi connectivity index (χ3v) is 3.24. The summed E-state index contributed by atoms with van der Waals surface area (Å²) in [7, 11) is 0. The van der Waals surface area contributed by atoms with Gasteiger partial charge in [-0.25, -0.2) is 0 Å². The number of carbonyl (C=O) groups excluding carboxylic acids is 1. The number of nitriles is 1. The van der Waals surface area contributed by atoms with Crippen LogP contribution in [0.15, 0.2) is 42.5 Å². The molecule has 0 aliphatic heterocycles. The number of carbonyl (C=O) groups is 1. The molecule has 0 atom stereocenters. The highest BCUT2D eigenvalue weighted by Gasteiger charge is 2.05. The highest BCUT2D eigenvalue weighted by Crippen LogP contribution is 2.22. The summed E-state index contributed by atoms with van der Waals surface area (Å²) < 4.78 is 0. The molecule has 21 heavy (non-hydrogen) atoms. The maximum absolute atomic E-state index is 11.8. The predicted molar refractivity (Wildman–Crippen MR) is 84.7 cm³/mol. The Kier molecular flexibility index (Phi) is 5.04. The van der Waals surface area contributed by atoms with Gasteiger partial charge >= 0.3 is 0 Å². The van der Waals surface area contributed by atoms with Gasteiger partial charge in [0.2, 0.25) is 5.91 Å². The van der Waals surface area contributed by atoms with Crippen molar-refractivity contribution in [3.63, 3.8) is 0 Å². The molecule has 0 aliphatic carbocycles. The molecule has 2 aromatic carbocycles. The van der Waals surface area contributed by atoms with Crippen molar-refractivity contribution >= 4 is 40.5 Å². The second-order valence-corrected chi connectivity index (χ2v) is 5.06. The van der Waals surface area contributed by atoms with Gasteiger partial charge in [0.05, 0.1) is 28.9 Å². The number of benzene rings is 2. The third-order valence-electron chi connectivity index (χ3n) is 2.66. The summed E-state index contributed by atoms with van der Waals surface area (Å²) in [5.74, 6) is -0.226. The minimum Gasteiger partial charge on any atom is -0.375 e. The van der Waals surface area contributed by atoms with Gasteiger partial charge in [-0.05, 0) is 42.5 Å². The maximum Gasteiger partial charge on any atom is 0.243 e. The second-order valence-electron chi connectivity index (χ2n) is 4.22. The van der Waals surface area contributed by atoms with Crippen molar-refractivity contribution in [1.82, 2.24) is 0 Å². The van der Waals surface area contributed by atoms with E-state index in [-0.39, 0.29) is 12.5 Å². The van der Waals surface area contributed by atoms with E-state index >= 15 is 0 Å². The average molecular weight is 320 g/mol. The number of hydrogen-bond donors (Lipinski definition) is 2. The van der Waals surface area contributed by atoms with Gasteiger partial charge in [-0.3, -0.25) is 4.79 Å². The van der Waals surface area contributed by atoms with E-state index in [0.29, 0.717) is 27.0 Å². The molecular weight excluding hydrogens is 309 g/mol. The zero-order valence-electron chi connectivity index (χ0n) is 10.9. The molecule has 0 bridgehead atoms. The van der Waals surface area contributed by atoms with Gasteiger partial charge in [-0.15, -0.1) is 0 Å². The SMILES string of the molecule is N#Cc1ccc(Cl)c(NCC(=O)Nc2ccc(Cl)cc2)c1. The molecule has 2 aromatic rings. The summed E-state index contributed by atoms with van der Waals surface area (Å²) >= 11 is 11.8. The van der Waals surface area contributed by atoms with Crippen molar-refractivity contribution < 1.29 is 4.79 Å². The van der Waals surface area contributed by atoms with E-state index in [1.807, 2.05) is 6.07 Å². The molecule has 4 nitrogen and oxygen atoms in total. The number of nitrogens with one attached hydrogen (secondary N) is 2. The summed E-state index contributed by atoms with van der Waals surface area (Å²) in [6.07, 6.45) is 0. The van der Waals surface area contributed by atoms with Gasteiger partial charge in [0, 0.05) is 10.7 Å². The molecule has 106 valence electrons. The fourth-order valence-corrected chi connectivity index (χ4v) is 1.95. The van der Waals surface area contributed by atoms with Crippen LogP contribution >= 0.6 is 23.2 Å². The minimum absolute atomic E-state index is 0.0389. The number of anilines is 2. The largest absolute Gasteiger partial charge is 0.375 e. The molecule has 0 aliphatic rings. The number of nitrogens with zero attached hydrogens (tertiary/aromatic N) is 1. The van der Waals surface area contributed by atoms with Crippen LogP contribution in [0, 0.1) is 11.3 Å². The molecule has 0 spiro atoms. The lowest BCUT2D eigenvalue weighted by atomic mass is 10.2. The summed E-state index contributed by atoms with van der Waals surface area (Å²) in [5.41, 5.74) is 1.67. The van der Waals surface area contributed by atoms with Crippen LogP contribution in [0.25, 0.3) is 0 Å². The van der Waals surface area contributed by atoms with Gasteiger partial charge in [-0.2, -0.15) is 5.26 Å². The standard InChI is InChI=1S/C15H11Cl2N3O/c16-11-2-4-12(5-3-11)20-15(21)9-19-14-7-10(8-18)1-6-13(14)17/h1-7,19H,9H2,(H,20,21). The van der Waals surface area contributed by atoms with Gasteiger partial charge in [-0.1, -0.05) is 23.2 Å². The maximum atomic E-state index is 11.8. The molecule has 0 aromatic heterocycles. The highest BCUT2D eigenvalue weighted by molar-refractivity contribution is 6.33. The smallest absolute Gasteiger partial charge is 0.243 e. The van der Waals surface area contributed by atoms with E-state index in [1.165, 1.54) is 0 Å². The van der Waals surface area contributed by atoms with Crippen molar-refractivity contribution in [2.45, 2.75) is 0 Å². The molecule has 0 radical (unpaired) electrons. The van der Waals surface area contributed by atoms with Crippen molar-refractivity contribution in [2.24, 2.45) is 0 Å². The van der Waals surface area contributed by atoms with Gasteiger partial charge < -0.3 is 10.6 Å². The zero-order chi connectivity index (χ0) is 15.2. The fraction of sp³-hybridized carbons (Fsp3) is 0.0667. The second kappa shape index (κ2) is 6.98. The van der Waals surface area contributed by atoms with Crippen LogP contribution in [0.2, 0.25) is 10.0 Å². The monoisotopic (exact) mass is 319 g/mol. The van der Waals surface area contributed by atoms with Crippen LogP contribution < -0.4 is 10.6 Å². The Bertz CT molecular complexity index is 693. The zero-order valence-corrected chi connectivity index (χ0v) is 12.4. The van der Waals surface area contributed by atoms with Gasteiger partial charge in [0.1, 0.15) is 0 Å². The summed E-state index contributed by atoms with van der Waals surface area (Å²) in [5, 5.41) is 15.5. The van der Waals surface area contributed by atoms with Crippen LogP contribution in [-0.2, 0) is 4.79 Å². The molecule has 2 N–H and O–H groups in total. The molecule has 0 unspecified atom stereocenters. The highest BCUT2D eigenvalue weighted by atomic mass is 35.5. The number of halogens is 2. The first-order chi connectivity index (χ1) is 10.1. The normalized spacial score (nSPS) is 9.76. The fourth-order valence-electron chi connectivity index (χ4n) is 1.64. The van der Waals surface area contributed by atoms with Crippen LogP contribution in [0.1, 0.15) is 5.56 Å². The molecule has 1 amide bonds. The Morgan fingerprint density at radius 2 is 1.86 bits per heavy atom. The molecule has 0 heterocycles. The molecule has 2 rings (SSSR count). The van der Waals surface area contributed by atoms with Gasteiger partial charge in [0.15, 0.2) is 0 Å². The Labute approximate surface area is 132 Å². The van der Waals surface area contributed by atoms with Crippen LogP contribution in [0.5, 0.6) is 0 Å². The predicted octanol–water partition coefficient (Wildman–Crippen LogP) is 3.92. The van der Waals surface area contributed by atoms with Crippen molar-refractivity contribution in [3.05, 3.63) is 58.1 Å². The van der Waals surface area contributed by atoms with E-state index in [9.17, 15) is 4.79 Å². The van der Waals surface area contributed by atoms with Crippen LogP contribution in [0.4, 0.5) is 11.4 Å². The van der Waals surface area contributed by atoms with Crippen molar-refractivity contribution in [2.75, 3.05) is 17.2 Å². The van der Waals surface area contributed by atoms with E-state index in [4.69, 9.17) is 28.5 Å². The van der Waals surface area contributed by atoms with E-state index in [2.05, 4.69) is 10.6 Å². The molecular formula is C15H11Cl2N3O. The summed E-state index contributed by atoms with van der Waals surface area (Å²) in [4.78, 5) is 11.8. The third kappa shape index (κ3) is 4.38. The van der Waals surface area contributed by atoms with E-state index < -0.39 is 0 Å². The summed E-state index contributed by atoms with van der Waals surface area (Å²) in [6, 6.07) is 13.6. The summed E-state index contributed by atoms with van der Waals surface area (Å²) in [6.45, 7) is 0.0389. The van der Waals surface area contributed by atoms with Gasteiger partial charge in [0.25, 0.3) is 0 Å². The van der Waals surface area contributed by atoms with E-state index in [1.54, 1.807) is 42.5 Å². The van der Waals surface area contributed by atoms with Crippen molar-refractivity contribution in [3.8, 4) is 6.07 Å². The number of amides is 1. The average Bonchev–Trinajstić information content (AvgIpc) is 2.49. The first-order valence-corrected chi connectivity index (χ1v) is 6.83. The first-order valence-electron chi connectivity index (χ1n) is 6.07. The molecule has 6 heteroatoms. The Hall–Kier alpha value is -2.22. The lowest BCUT2D eigenvalue weighted by Crippen LogP contribution is -2.21. The Balaban J connectivity index is 1.95. The number of rotatable bonds is 4. The number of hydrogen-bond acceptors (Lipinski definition) is 3. The quantitative estimate of drug-likeness (QED) is 0.897. The Morgan fingerprint density at radius 1 is 1.14 bits per heavy atom. The van der Waals surface area contributed by atoms with Crippen LogP contribution in [0.3, 0.4) is 0 Å².